The number of hydrogen-bond acceptors (Lipinski definition) is 5. The molecule has 6 nitrogen and oxygen atoms in total. The van der Waals surface area contributed by atoms with Crippen molar-refractivity contribution in [2.45, 2.75) is 46.1 Å². The molecule has 2 aromatic rings. The van der Waals surface area contributed by atoms with Crippen LogP contribution in [0.15, 0.2) is 0 Å². The second-order valence-electron chi connectivity index (χ2n) is 5.64. The van der Waals surface area contributed by atoms with Crippen LogP contribution < -0.4 is 11.2 Å². The molecule has 0 atom stereocenters. The maximum absolute atomic E-state index is 6.06. The lowest BCUT2D eigenvalue weighted by Gasteiger charge is -2.26. The van der Waals surface area contributed by atoms with Crippen molar-refractivity contribution in [2.75, 3.05) is 24.4 Å². The Kier molecular flexibility index (Phi) is 3.71. The summed E-state index contributed by atoms with van der Waals surface area (Å²) < 4.78 is 7.55. The fraction of sp³-hybridized carbons (Fsp3) is 0.600. The third kappa shape index (κ3) is 2.44. The van der Waals surface area contributed by atoms with Crippen molar-refractivity contribution in [3.63, 3.8) is 0 Å². The van der Waals surface area contributed by atoms with Crippen molar-refractivity contribution >= 4 is 16.9 Å². The van der Waals surface area contributed by atoms with E-state index in [1.165, 1.54) is 0 Å². The zero-order valence-electron chi connectivity index (χ0n) is 12.9. The maximum atomic E-state index is 6.06. The van der Waals surface area contributed by atoms with Gasteiger partial charge in [0.15, 0.2) is 5.82 Å². The molecule has 0 amide bonds. The van der Waals surface area contributed by atoms with Gasteiger partial charge >= 0.3 is 0 Å². The number of nitrogens with zero attached hydrogens (tertiary/aromatic N) is 3. The summed E-state index contributed by atoms with van der Waals surface area (Å²) in [6, 6.07) is 0.413. The summed E-state index contributed by atoms with van der Waals surface area (Å²) in [6.45, 7) is 7.80. The van der Waals surface area contributed by atoms with E-state index in [4.69, 9.17) is 10.5 Å². The van der Waals surface area contributed by atoms with Crippen molar-refractivity contribution < 1.29 is 4.74 Å². The number of rotatable bonds is 3. The van der Waals surface area contributed by atoms with E-state index in [1.807, 2.05) is 6.92 Å². The van der Waals surface area contributed by atoms with Crippen LogP contribution in [0.4, 0.5) is 5.82 Å². The molecule has 1 saturated heterocycles. The first-order valence-electron chi connectivity index (χ1n) is 7.60. The van der Waals surface area contributed by atoms with E-state index >= 15 is 0 Å². The number of nitrogens with two attached hydrogens (primary N) is 1. The smallest absolute Gasteiger partial charge is 0.151 e. The average molecular weight is 289 g/mol. The highest BCUT2D eigenvalue weighted by molar-refractivity contribution is 5.88. The number of aromatic nitrogens is 3. The summed E-state index contributed by atoms with van der Waals surface area (Å²) in [7, 11) is 0. The molecule has 21 heavy (non-hydrogen) atoms. The standard InChI is InChI=1S/C15H23N5O/c1-4-12-18-13-14(9(2)10(3)17-15(13)16)20(12)19-11-5-7-21-8-6-11/h11,19H,4-8H2,1-3H3,(H2,16,17). The van der Waals surface area contributed by atoms with E-state index in [9.17, 15) is 0 Å². The van der Waals surface area contributed by atoms with Gasteiger partial charge in [0.2, 0.25) is 0 Å². The van der Waals surface area contributed by atoms with Crippen LogP contribution in [0.5, 0.6) is 0 Å². The molecular weight excluding hydrogens is 266 g/mol. The molecule has 3 rings (SSSR count). The zero-order chi connectivity index (χ0) is 15.0. The number of imidazole rings is 1. The van der Waals surface area contributed by atoms with Crippen molar-refractivity contribution in [3.8, 4) is 0 Å². The van der Waals surface area contributed by atoms with E-state index in [-0.39, 0.29) is 0 Å². The Morgan fingerprint density at radius 1 is 1.29 bits per heavy atom. The Labute approximate surface area is 124 Å². The third-order valence-corrected chi connectivity index (χ3v) is 4.22. The van der Waals surface area contributed by atoms with Crippen molar-refractivity contribution in [1.82, 2.24) is 14.6 Å². The fourth-order valence-electron chi connectivity index (χ4n) is 2.87. The van der Waals surface area contributed by atoms with Gasteiger partial charge in [-0.05, 0) is 32.3 Å². The average Bonchev–Trinajstić information content (AvgIpc) is 2.85. The van der Waals surface area contributed by atoms with Gasteiger partial charge in [0.25, 0.3) is 0 Å². The second-order valence-corrected chi connectivity index (χ2v) is 5.64. The number of ether oxygens (including phenoxy) is 1. The van der Waals surface area contributed by atoms with Crippen LogP contribution >= 0.6 is 0 Å². The Bertz CT molecular complexity index is 658. The van der Waals surface area contributed by atoms with Gasteiger partial charge in [0, 0.05) is 31.4 Å². The van der Waals surface area contributed by atoms with Crippen LogP contribution in [-0.4, -0.2) is 33.9 Å². The minimum absolute atomic E-state index is 0.413. The maximum Gasteiger partial charge on any atom is 0.151 e. The minimum atomic E-state index is 0.413. The van der Waals surface area contributed by atoms with Crippen LogP contribution in [0.1, 0.15) is 36.8 Å². The van der Waals surface area contributed by atoms with Gasteiger partial charge in [-0.3, -0.25) is 0 Å². The van der Waals surface area contributed by atoms with E-state index in [0.717, 1.165) is 60.6 Å². The molecule has 0 unspecified atom stereocenters. The second kappa shape index (κ2) is 5.52. The molecule has 0 aromatic carbocycles. The number of hydrogen-bond donors (Lipinski definition) is 2. The van der Waals surface area contributed by atoms with E-state index in [1.54, 1.807) is 0 Å². The van der Waals surface area contributed by atoms with Crippen LogP contribution in [-0.2, 0) is 11.2 Å². The van der Waals surface area contributed by atoms with Crippen LogP contribution in [0.3, 0.4) is 0 Å². The first-order valence-corrected chi connectivity index (χ1v) is 7.60. The molecule has 0 radical (unpaired) electrons. The highest BCUT2D eigenvalue weighted by Crippen LogP contribution is 2.26. The largest absolute Gasteiger partial charge is 0.382 e. The zero-order valence-corrected chi connectivity index (χ0v) is 12.9. The predicted molar refractivity (Wildman–Crippen MR) is 84.0 cm³/mol. The molecule has 3 heterocycles. The molecule has 0 bridgehead atoms. The summed E-state index contributed by atoms with van der Waals surface area (Å²) >= 11 is 0. The number of pyridine rings is 1. The van der Waals surface area contributed by atoms with Crippen LogP contribution in [0.25, 0.3) is 11.0 Å². The molecule has 1 fully saturated rings. The van der Waals surface area contributed by atoms with Crippen LogP contribution in [0.2, 0.25) is 0 Å². The molecule has 0 saturated carbocycles. The Balaban J connectivity index is 2.10. The molecular formula is C15H23N5O. The van der Waals surface area contributed by atoms with Gasteiger partial charge < -0.3 is 15.9 Å². The summed E-state index contributed by atoms with van der Waals surface area (Å²) in [4.78, 5) is 9.07. The van der Waals surface area contributed by atoms with Gasteiger partial charge in [-0.15, -0.1) is 0 Å². The predicted octanol–water partition coefficient (Wildman–Crippen LogP) is 1.92. The van der Waals surface area contributed by atoms with Gasteiger partial charge in [-0.1, -0.05) is 6.92 Å². The normalized spacial score (nSPS) is 16.5. The van der Waals surface area contributed by atoms with Gasteiger partial charge in [-0.2, -0.15) is 0 Å². The Hall–Kier alpha value is -1.82. The first-order chi connectivity index (χ1) is 10.1. The van der Waals surface area contributed by atoms with Gasteiger partial charge in [0.05, 0.1) is 5.52 Å². The van der Waals surface area contributed by atoms with Crippen molar-refractivity contribution in [1.29, 1.82) is 0 Å². The number of anilines is 1. The van der Waals surface area contributed by atoms with E-state index in [0.29, 0.717) is 11.9 Å². The number of nitrogens with one attached hydrogen (secondary N) is 1. The van der Waals surface area contributed by atoms with Crippen LogP contribution in [0, 0.1) is 13.8 Å². The number of nitrogen functional groups attached to an aromatic ring is 1. The van der Waals surface area contributed by atoms with Crippen molar-refractivity contribution in [2.24, 2.45) is 0 Å². The molecule has 0 spiro atoms. The van der Waals surface area contributed by atoms with E-state index < -0.39 is 0 Å². The molecule has 0 aliphatic carbocycles. The lowest BCUT2D eigenvalue weighted by atomic mass is 10.1. The molecule has 1 aliphatic rings. The van der Waals surface area contributed by atoms with Gasteiger partial charge in [0.1, 0.15) is 11.3 Å². The summed E-state index contributed by atoms with van der Waals surface area (Å²) in [5, 5.41) is 0. The Morgan fingerprint density at radius 2 is 2.00 bits per heavy atom. The summed E-state index contributed by atoms with van der Waals surface area (Å²) in [5.41, 5.74) is 13.6. The van der Waals surface area contributed by atoms with E-state index in [2.05, 4.69) is 33.9 Å². The quantitative estimate of drug-likeness (QED) is 0.902. The molecule has 2 aromatic heterocycles. The SMILES string of the molecule is CCc1nc2c(N)nc(C)c(C)c2n1NC1CCOCC1. The Morgan fingerprint density at radius 3 is 2.67 bits per heavy atom. The number of aryl methyl sites for hydroxylation is 3. The third-order valence-electron chi connectivity index (χ3n) is 4.22. The lowest BCUT2D eigenvalue weighted by molar-refractivity contribution is 0.0880. The lowest BCUT2D eigenvalue weighted by Crippen LogP contribution is -2.34. The molecule has 6 heteroatoms. The summed E-state index contributed by atoms with van der Waals surface area (Å²) in [6.07, 6.45) is 2.88. The molecule has 114 valence electrons. The first kappa shape index (κ1) is 14.1. The molecule has 1 aliphatic heterocycles. The monoisotopic (exact) mass is 289 g/mol. The fourth-order valence-corrected chi connectivity index (χ4v) is 2.87. The highest BCUT2D eigenvalue weighted by atomic mass is 16.5. The minimum Gasteiger partial charge on any atom is -0.382 e. The van der Waals surface area contributed by atoms with Crippen molar-refractivity contribution in [3.05, 3.63) is 17.1 Å². The topological polar surface area (TPSA) is 78.0 Å². The van der Waals surface area contributed by atoms with Gasteiger partial charge in [-0.25, -0.2) is 14.6 Å². The number of fused-ring (bicyclic) bond motifs is 1. The molecule has 3 N–H and O–H groups in total. The summed E-state index contributed by atoms with van der Waals surface area (Å²) in [5.74, 6) is 1.51. The highest BCUT2D eigenvalue weighted by Gasteiger charge is 2.20.